The maximum absolute atomic E-state index is 12.7. The summed E-state index contributed by atoms with van der Waals surface area (Å²) in [6.07, 6.45) is 1.41. The largest absolute Gasteiger partial charge is 0.300 e. The van der Waals surface area contributed by atoms with Gasteiger partial charge in [-0.3, -0.25) is 4.79 Å². The lowest BCUT2D eigenvalue weighted by molar-refractivity contribution is -0.119. The van der Waals surface area contributed by atoms with E-state index in [4.69, 9.17) is 0 Å². The lowest BCUT2D eigenvalue weighted by Crippen LogP contribution is -2.30. The predicted octanol–water partition coefficient (Wildman–Crippen LogP) is 9.35. The first-order valence-electron chi connectivity index (χ1n) is 13.9. The smallest absolute Gasteiger partial charge is 0.134 e. The summed E-state index contributed by atoms with van der Waals surface area (Å²) in [7, 11) is -0.529. The topological polar surface area (TPSA) is 17.1 Å². The molecule has 37 heavy (non-hydrogen) atoms. The minimum Gasteiger partial charge on any atom is -0.300 e. The van der Waals surface area contributed by atoms with Crippen molar-refractivity contribution in [1.82, 2.24) is 0 Å². The summed E-state index contributed by atoms with van der Waals surface area (Å²) >= 11 is 0. The zero-order chi connectivity index (χ0) is 27.5. The molecule has 0 amide bonds. The Hall–Kier alpha value is -2.24. The van der Waals surface area contributed by atoms with Gasteiger partial charge in [0.25, 0.3) is 0 Å². The van der Waals surface area contributed by atoms with Crippen LogP contribution >= 0.6 is 7.92 Å². The number of rotatable bonds is 3. The third-order valence-electron chi connectivity index (χ3n) is 9.83. The van der Waals surface area contributed by atoms with Crippen LogP contribution in [-0.4, -0.2) is 17.1 Å². The van der Waals surface area contributed by atoms with Crippen molar-refractivity contribution in [3.05, 3.63) is 73.8 Å². The molecule has 2 heteroatoms. The fourth-order valence-corrected chi connectivity index (χ4v) is 10.3. The number of benzene rings is 3. The van der Waals surface area contributed by atoms with Gasteiger partial charge in [0.15, 0.2) is 0 Å². The van der Waals surface area contributed by atoms with Crippen LogP contribution in [0.25, 0.3) is 22.3 Å². The quantitative estimate of drug-likeness (QED) is 0.320. The minimum atomic E-state index is -0.529. The standard InChI is InChI=1S/C35H45OP/c1-18-16-30(36)17-19(2)37(18)35-31(33-26(9)22(5)20(3)23(6)27(33)10)14-13-15-32(35)34-28(11)24(7)21(4)25(8)29(34)12/h13-15,18-19H,16-17H2,1-12H3. The Bertz CT molecular complexity index is 1260. The first-order valence-corrected chi connectivity index (χ1v) is 15.3. The first-order chi connectivity index (χ1) is 17.3. The van der Waals surface area contributed by atoms with Crippen LogP contribution in [0, 0.1) is 69.2 Å². The maximum atomic E-state index is 12.7. The van der Waals surface area contributed by atoms with Gasteiger partial charge in [-0.25, -0.2) is 0 Å². The Morgan fingerprint density at radius 1 is 0.541 bits per heavy atom. The summed E-state index contributed by atoms with van der Waals surface area (Å²) in [5.74, 6) is 0.432. The molecule has 0 spiro atoms. The van der Waals surface area contributed by atoms with Crippen LogP contribution in [0.5, 0.6) is 0 Å². The molecule has 0 radical (unpaired) electrons. The first kappa shape index (κ1) is 27.8. The molecule has 1 heterocycles. The lowest BCUT2D eigenvalue weighted by Gasteiger charge is -2.38. The molecule has 3 aromatic rings. The van der Waals surface area contributed by atoms with Gasteiger partial charge in [-0.2, -0.15) is 0 Å². The number of hydrogen-bond acceptors (Lipinski definition) is 1. The average molecular weight is 513 g/mol. The summed E-state index contributed by atoms with van der Waals surface area (Å²) in [4.78, 5) is 12.7. The van der Waals surface area contributed by atoms with Crippen LogP contribution in [0.3, 0.4) is 0 Å². The number of carbonyl (C=O) groups excluding carboxylic acids is 1. The average Bonchev–Trinajstić information content (AvgIpc) is 2.84. The molecule has 196 valence electrons. The van der Waals surface area contributed by atoms with Crippen molar-refractivity contribution >= 4 is 19.0 Å². The van der Waals surface area contributed by atoms with Crippen molar-refractivity contribution in [2.24, 2.45) is 0 Å². The van der Waals surface area contributed by atoms with E-state index in [1.807, 2.05) is 0 Å². The fourth-order valence-electron chi connectivity index (χ4n) is 6.85. The second-order valence-corrected chi connectivity index (χ2v) is 14.8. The van der Waals surface area contributed by atoms with Gasteiger partial charge in [0.05, 0.1) is 0 Å². The summed E-state index contributed by atoms with van der Waals surface area (Å²) in [5, 5.41) is 1.52. The second kappa shape index (κ2) is 10.1. The van der Waals surface area contributed by atoms with Gasteiger partial charge in [0, 0.05) is 12.8 Å². The highest BCUT2D eigenvalue weighted by atomic mass is 31.1. The van der Waals surface area contributed by atoms with Crippen LogP contribution in [0.1, 0.15) is 82.3 Å². The SMILES string of the molecule is Cc1c(C)c(C)c(-c2cccc(-c3c(C)c(C)c(C)c(C)c3C)c2P2C(C)CC(=O)CC2C)c(C)c1C. The molecule has 0 N–H and O–H groups in total. The molecule has 3 aromatic carbocycles. The van der Waals surface area contributed by atoms with E-state index in [0.29, 0.717) is 29.9 Å². The van der Waals surface area contributed by atoms with Gasteiger partial charge in [-0.05, 0) is 164 Å². The van der Waals surface area contributed by atoms with Crippen molar-refractivity contribution < 1.29 is 4.79 Å². The minimum absolute atomic E-state index is 0.382. The molecule has 4 rings (SSSR count). The van der Waals surface area contributed by atoms with Gasteiger partial charge in [0.2, 0.25) is 0 Å². The molecule has 2 unspecified atom stereocenters. The van der Waals surface area contributed by atoms with E-state index in [2.05, 4.69) is 101 Å². The number of Topliss-reactive ketones (excluding diaryl/α,β-unsaturated/α-hetero) is 1. The zero-order valence-electron chi connectivity index (χ0n) is 25.2. The van der Waals surface area contributed by atoms with E-state index in [0.717, 1.165) is 0 Å². The van der Waals surface area contributed by atoms with Crippen molar-refractivity contribution in [2.75, 3.05) is 0 Å². The Morgan fingerprint density at radius 3 is 1.16 bits per heavy atom. The van der Waals surface area contributed by atoms with Gasteiger partial charge in [-0.15, -0.1) is 0 Å². The predicted molar refractivity (Wildman–Crippen MR) is 164 cm³/mol. The Balaban J connectivity index is 2.18. The van der Waals surface area contributed by atoms with Crippen LogP contribution in [0.15, 0.2) is 18.2 Å². The van der Waals surface area contributed by atoms with Crippen LogP contribution < -0.4 is 5.30 Å². The summed E-state index contributed by atoms with van der Waals surface area (Å²) in [6.45, 7) is 27.5. The number of ketones is 1. The molecule has 2 atom stereocenters. The van der Waals surface area contributed by atoms with E-state index in [1.54, 1.807) is 0 Å². The molecule has 1 aliphatic heterocycles. The molecule has 1 aliphatic rings. The van der Waals surface area contributed by atoms with Gasteiger partial charge in [0.1, 0.15) is 5.78 Å². The number of hydrogen-bond donors (Lipinski definition) is 0. The van der Waals surface area contributed by atoms with Crippen LogP contribution in [-0.2, 0) is 4.79 Å². The molecule has 0 bridgehead atoms. The summed E-state index contributed by atoms with van der Waals surface area (Å²) < 4.78 is 0. The van der Waals surface area contributed by atoms with E-state index in [-0.39, 0.29) is 0 Å². The van der Waals surface area contributed by atoms with Crippen molar-refractivity contribution in [3.63, 3.8) is 0 Å². The van der Waals surface area contributed by atoms with Gasteiger partial charge in [-0.1, -0.05) is 40.0 Å². The Kier molecular flexibility index (Phi) is 7.62. The van der Waals surface area contributed by atoms with Crippen molar-refractivity contribution in [2.45, 2.75) is 107 Å². The highest BCUT2D eigenvalue weighted by Crippen LogP contribution is 2.56. The highest BCUT2D eigenvalue weighted by molar-refractivity contribution is 7.67. The molecule has 1 saturated heterocycles. The van der Waals surface area contributed by atoms with Crippen LogP contribution in [0.2, 0.25) is 0 Å². The Morgan fingerprint density at radius 2 is 0.838 bits per heavy atom. The monoisotopic (exact) mass is 512 g/mol. The van der Waals surface area contributed by atoms with E-state index < -0.39 is 7.92 Å². The molecular formula is C35H45OP. The van der Waals surface area contributed by atoms with Crippen molar-refractivity contribution in [3.8, 4) is 22.3 Å². The zero-order valence-corrected chi connectivity index (χ0v) is 26.1. The molecular weight excluding hydrogens is 467 g/mol. The highest BCUT2D eigenvalue weighted by Gasteiger charge is 2.36. The third kappa shape index (κ3) is 4.42. The molecule has 1 fully saturated rings. The molecule has 0 aromatic heterocycles. The van der Waals surface area contributed by atoms with E-state index in [1.165, 1.54) is 83.2 Å². The summed E-state index contributed by atoms with van der Waals surface area (Å²) in [5.41, 5.74) is 20.4. The molecule has 0 aliphatic carbocycles. The fraction of sp³-hybridized carbons (Fsp3) is 0.457. The summed E-state index contributed by atoms with van der Waals surface area (Å²) in [6, 6.07) is 7.03. The van der Waals surface area contributed by atoms with Gasteiger partial charge < -0.3 is 0 Å². The normalized spacial score (nSPS) is 20.0. The number of carbonyl (C=O) groups is 1. The maximum Gasteiger partial charge on any atom is 0.134 e. The third-order valence-corrected chi connectivity index (χ3v) is 13.1. The lowest BCUT2D eigenvalue weighted by atomic mass is 9.83. The van der Waals surface area contributed by atoms with E-state index >= 15 is 0 Å². The molecule has 1 nitrogen and oxygen atoms in total. The van der Waals surface area contributed by atoms with Crippen LogP contribution in [0.4, 0.5) is 0 Å². The Labute approximate surface area is 226 Å². The van der Waals surface area contributed by atoms with Gasteiger partial charge >= 0.3 is 0 Å². The second-order valence-electron chi connectivity index (χ2n) is 11.8. The molecule has 0 saturated carbocycles. The van der Waals surface area contributed by atoms with E-state index in [9.17, 15) is 4.79 Å². The van der Waals surface area contributed by atoms with Crippen molar-refractivity contribution in [1.29, 1.82) is 0 Å².